The van der Waals surface area contributed by atoms with E-state index in [0.717, 1.165) is 55.0 Å². The van der Waals surface area contributed by atoms with Gasteiger partial charge in [-0.15, -0.1) is 0 Å². The molecule has 6 heteroatoms. The highest BCUT2D eigenvalue weighted by Gasteiger charge is 2.23. The van der Waals surface area contributed by atoms with Gasteiger partial charge in [-0.3, -0.25) is 10.00 Å². The summed E-state index contributed by atoms with van der Waals surface area (Å²) >= 11 is 0. The van der Waals surface area contributed by atoms with Gasteiger partial charge in [0.05, 0.1) is 23.6 Å². The van der Waals surface area contributed by atoms with Crippen molar-refractivity contribution in [2.45, 2.75) is 31.9 Å². The third-order valence-corrected chi connectivity index (χ3v) is 5.57. The molecule has 4 rings (SSSR count). The molecule has 6 nitrogen and oxygen atoms in total. The van der Waals surface area contributed by atoms with Crippen molar-refractivity contribution in [2.24, 2.45) is 0 Å². The number of likely N-dealkylation sites (tertiary alicyclic amines) is 1. The third-order valence-electron chi connectivity index (χ3n) is 5.57. The summed E-state index contributed by atoms with van der Waals surface area (Å²) in [7, 11) is 0. The van der Waals surface area contributed by atoms with E-state index in [1.807, 2.05) is 30.3 Å². The molecule has 2 heterocycles. The van der Waals surface area contributed by atoms with Crippen molar-refractivity contribution in [3.8, 4) is 11.1 Å². The lowest BCUT2D eigenvalue weighted by atomic mass is 9.94. The summed E-state index contributed by atoms with van der Waals surface area (Å²) in [5.74, 6) is -0.534. The number of nitrogens with zero attached hydrogens (tertiary/aromatic N) is 2. The zero-order valence-electron chi connectivity index (χ0n) is 16.2. The zero-order chi connectivity index (χ0) is 20.2. The van der Waals surface area contributed by atoms with Crippen molar-refractivity contribution in [3.63, 3.8) is 0 Å². The number of carboxylic acid groups (broad SMARTS) is 1. The molecule has 2 aromatic carbocycles. The standard InChI is InChI=1S/C23H25N3O3/c27-15-19-12-22(25-24-19)18-4-3-11-26(14-18)13-16-7-9-17(10-8-16)20-5-1-2-6-21(20)23(28)29/h1-2,5-10,12,18,27H,3-4,11,13-15H2,(H,24,25)(H,28,29). The van der Waals surface area contributed by atoms with Gasteiger partial charge in [-0.25, -0.2) is 4.79 Å². The van der Waals surface area contributed by atoms with E-state index >= 15 is 0 Å². The van der Waals surface area contributed by atoms with Crippen LogP contribution < -0.4 is 0 Å². The number of H-pyrrole nitrogens is 1. The first-order valence-electron chi connectivity index (χ1n) is 9.93. The molecule has 29 heavy (non-hydrogen) atoms. The molecule has 1 aliphatic rings. The van der Waals surface area contributed by atoms with Crippen molar-refractivity contribution in [3.05, 3.63) is 77.1 Å². The van der Waals surface area contributed by atoms with Crippen molar-refractivity contribution in [1.29, 1.82) is 0 Å². The lowest BCUT2D eigenvalue weighted by Gasteiger charge is -2.32. The van der Waals surface area contributed by atoms with Gasteiger partial charge in [0.1, 0.15) is 0 Å². The number of aromatic carboxylic acids is 1. The number of carboxylic acids is 1. The van der Waals surface area contributed by atoms with E-state index in [0.29, 0.717) is 11.5 Å². The van der Waals surface area contributed by atoms with Crippen LogP contribution in [0.2, 0.25) is 0 Å². The number of aromatic nitrogens is 2. The topological polar surface area (TPSA) is 89.5 Å². The van der Waals surface area contributed by atoms with E-state index in [2.05, 4.69) is 27.2 Å². The van der Waals surface area contributed by atoms with Crippen molar-refractivity contribution >= 4 is 5.97 Å². The van der Waals surface area contributed by atoms with E-state index in [9.17, 15) is 15.0 Å². The van der Waals surface area contributed by atoms with E-state index in [1.54, 1.807) is 12.1 Å². The molecule has 1 fully saturated rings. The highest BCUT2D eigenvalue weighted by molar-refractivity contribution is 5.95. The van der Waals surface area contributed by atoms with Gasteiger partial charge in [0.15, 0.2) is 0 Å². The maximum atomic E-state index is 11.5. The molecule has 0 spiro atoms. The maximum Gasteiger partial charge on any atom is 0.336 e. The van der Waals surface area contributed by atoms with Crippen LogP contribution in [0.3, 0.4) is 0 Å². The van der Waals surface area contributed by atoms with E-state index in [-0.39, 0.29) is 6.61 Å². The minimum absolute atomic E-state index is 0.0131. The third kappa shape index (κ3) is 4.39. The highest BCUT2D eigenvalue weighted by Crippen LogP contribution is 2.28. The molecule has 1 aromatic heterocycles. The largest absolute Gasteiger partial charge is 0.478 e. The van der Waals surface area contributed by atoms with Gasteiger partial charge in [-0.05, 0) is 48.2 Å². The average molecular weight is 391 g/mol. The number of rotatable bonds is 6. The number of aromatic amines is 1. The Bertz CT molecular complexity index is 981. The molecule has 0 saturated carbocycles. The van der Waals surface area contributed by atoms with Crippen LogP contribution in [0.4, 0.5) is 0 Å². The summed E-state index contributed by atoms with van der Waals surface area (Å²) in [4.78, 5) is 13.9. The van der Waals surface area contributed by atoms with Gasteiger partial charge in [-0.1, -0.05) is 42.5 Å². The van der Waals surface area contributed by atoms with Gasteiger partial charge in [0.2, 0.25) is 0 Å². The average Bonchev–Trinajstić information content (AvgIpc) is 3.24. The van der Waals surface area contributed by atoms with Gasteiger partial charge < -0.3 is 10.2 Å². The second-order valence-corrected chi connectivity index (χ2v) is 7.60. The normalized spacial score (nSPS) is 17.3. The fraction of sp³-hybridized carbons (Fsp3) is 0.304. The number of nitrogens with one attached hydrogen (secondary N) is 1. The lowest BCUT2D eigenvalue weighted by molar-refractivity contribution is 0.0697. The molecule has 1 atom stereocenters. The van der Waals surface area contributed by atoms with Crippen LogP contribution in [0, 0.1) is 0 Å². The molecule has 3 aromatic rings. The summed E-state index contributed by atoms with van der Waals surface area (Å²) in [5, 5.41) is 25.9. The lowest BCUT2D eigenvalue weighted by Crippen LogP contribution is -2.34. The van der Waals surface area contributed by atoms with Crippen molar-refractivity contribution in [2.75, 3.05) is 13.1 Å². The van der Waals surface area contributed by atoms with Crippen LogP contribution in [-0.2, 0) is 13.2 Å². The number of hydrogen-bond acceptors (Lipinski definition) is 4. The summed E-state index contributed by atoms with van der Waals surface area (Å²) in [5.41, 5.74) is 4.97. The van der Waals surface area contributed by atoms with Gasteiger partial charge in [0, 0.05) is 19.0 Å². The van der Waals surface area contributed by atoms with Crippen LogP contribution in [0.1, 0.15) is 46.1 Å². The van der Waals surface area contributed by atoms with Gasteiger partial charge in [-0.2, -0.15) is 5.10 Å². The zero-order valence-corrected chi connectivity index (χ0v) is 16.2. The summed E-state index contributed by atoms with van der Waals surface area (Å²) < 4.78 is 0. The predicted molar refractivity (Wildman–Crippen MR) is 111 cm³/mol. The molecular formula is C23H25N3O3. The SMILES string of the molecule is O=C(O)c1ccccc1-c1ccc(CN2CCCC(c3cc(CO)[nH]n3)C2)cc1. The number of hydrogen-bond donors (Lipinski definition) is 3. The highest BCUT2D eigenvalue weighted by atomic mass is 16.4. The summed E-state index contributed by atoms with van der Waals surface area (Å²) in [6.07, 6.45) is 2.23. The number of aliphatic hydroxyl groups excluding tert-OH is 1. The molecule has 1 saturated heterocycles. The van der Waals surface area contributed by atoms with Gasteiger partial charge in [0.25, 0.3) is 0 Å². The quantitative estimate of drug-likeness (QED) is 0.597. The van der Waals surface area contributed by atoms with Crippen LogP contribution >= 0.6 is 0 Å². The minimum atomic E-state index is -0.910. The van der Waals surface area contributed by atoms with Crippen LogP contribution in [-0.4, -0.2) is 44.4 Å². The molecule has 0 amide bonds. The van der Waals surface area contributed by atoms with Gasteiger partial charge >= 0.3 is 5.97 Å². The Hall–Kier alpha value is -2.96. The van der Waals surface area contributed by atoms with Crippen LogP contribution in [0.15, 0.2) is 54.6 Å². The van der Waals surface area contributed by atoms with E-state index < -0.39 is 5.97 Å². The van der Waals surface area contributed by atoms with E-state index in [4.69, 9.17) is 0 Å². The first-order chi connectivity index (χ1) is 14.1. The fourth-order valence-corrected chi connectivity index (χ4v) is 4.08. The molecule has 0 aliphatic carbocycles. The fourth-order valence-electron chi connectivity index (χ4n) is 4.08. The molecule has 0 bridgehead atoms. The Kier molecular flexibility index (Phi) is 5.74. The summed E-state index contributed by atoms with van der Waals surface area (Å²) in [6, 6.07) is 17.2. The first-order valence-corrected chi connectivity index (χ1v) is 9.93. The molecule has 3 N–H and O–H groups in total. The number of piperidine rings is 1. The minimum Gasteiger partial charge on any atom is -0.478 e. The Balaban J connectivity index is 1.44. The number of carbonyl (C=O) groups is 1. The predicted octanol–water partition coefficient (Wildman–Crippen LogP) is 3.65. The molecule has 0 radical (unpaired) electrons. The Morgan fingerprint density at radius 2 is 1.97 bits per heavy atom. The number of aliphatic hydroxyl groups is 1. The molecule has 1 aliphatic heterocycles. The van der Waals surface area contributed by atoms with Crippen LogP contribution in [0.25, 0.3) is 11.1 Å². The first kappa shape index (κ1) is 19.4. The second-order valence-electron chi connectivity index (χ2n) is 7.60. The van der Waals surface area contributed by atoms with E-state index in [1.165, 1.54) is 5.56 Å². The monoisotopic (exact) mass is 391 g/mol. The Morgan fingerprint density at radius 3 is 2.69 bits per heavy atom. The van der Waals surface area contributed by atoms with Crippen molar-refractivity contribution < 1.29 is 15.0 Å². The maximum absolute atomic E-state index is 11.5. The molecular weight excluding hydrogens is 366 g/mol. The number of benzene rings is 2. The van der Waals surface area contributed by atoms with Crippen LogP contribution in [0.5, 0.6) is 0 Å². The molecule has 150 valence electrons. The van der Waals surface area contributed by atoms with Crippen molar-refractivity contribution in [1.82, 2.24) is 15.1 Å². The smallest absolute Gasteiger partial charge is 0.336 e. The Morgan fingerprint density at radius 1 is 1.17 bits per heavy atom. The summed E-state index contributed by atoms with van der Waals surface area (Å²) in [6.45, 7) is 2.84. The second kappa shape index (κ2) is 8.59. The Labute approximate surface area is 169 Å². The molecule has 1 unspecified atom stereocenters.